The van der Waals surface area contributed by atoms with Crippen molar-refractivity contribution in [2.75, 3.05) is 19.8 Å². The number of rotatable bonds is 5. The van der Waals surface area contributed by atoms with Crippen LogP contribution in [0.5, 0.6) is 0 Å². The van der Waals surface area contributed by atoms with Crippen molar-refractivity contribution < 1.29 is 19.4 Å². The van der Waals surface area contributed by atoms with E-state index in [-0.39, 0.29) is 30.1 Å². The summed E-state index contributed by atoms with van der Waals surface area (Å²) in [6.45, 7) is 2.59. The Kier molecular flexibility index (Phi) is 5.01. The predicted octanol–water partition coefficient (Wildman–Crippen LogP) is 1.38. The number of amides is 1. The summed E-state index contributed by atoms with van der Waals surface area (Å²) in [6, 6.07) is 4.10. The van der Waals surface area contributed by atoms with Gasteiger partial charge in [-0.25, -0.2) is 0 Å². The standard InChI is InChI=1S/C19H26N2O4/c22-16-9-15(10-16)19(23)21-5-6-25-18-8-14(7-17(18)21)12-24-11-13-1-3-20-4-2-13/h1-4,14-18,22H,5-12H2. The first-order valence-electron chi connectivity index (χ1n) is 9.27. The van der Waals surface area contributed by atoms with Gasteiger partial charge in [0.25, 0.3) is 0 Å². The number of pyridine rings is 1. The van der Waals surface area contributed by atoms with Crippen LogP contribution in [-0.2, 0) is 20.9 Å². The summed E-state index contributed by atoms with van der Waals surface area (Å²) in [5.41, 5.74) is 1.13. The minimum Gasteiger partial charge on any atom is -0.393 e. The lowest BCUT2D eigenvalue weighted by Gasteiger charge is -2.42. The van der Waals surface area contributed by atoms with Crippen LogP contribution in [0.3, 0.4) is 0 Å². The Bertz CT molecular complexity index is 590. The summed E-state index contributed by atoms with van der Waals surface area (Å²) in [4.78, 5) is 18.7. The molecule has 1 N–H and O–H groups in total. The number of nitrogens with zero attached hydrogens (tertiary/aromatic N) is 2. The number of hydrogen-bond donors (Lipinski definition) is 1. The Labute approximate surface area is 148 Å². The number of aliphatic hydroxyl groups is 1. The van der Waals surface area contributed by atoms with Gasteiger partial charge in [-0.15, -0.1) is 0 Å². The molecule has 25 heavy (non-hydrogen) atoms. The molecule has 2 aliphatic carbocycles. The van der Waals surface area contributed by atoms with E-state index >= 15 is 0 Å². The summed E-state index contributed by atoms with van der Waals surface area (Å²) in [5.74, 6) is 0.648. The molecule has 3 unspecified atom stereocenters. The van der Waals surface area contributed by atoms with Crippen LogP contribution in [0.15, 0.2) is 24.5 Å². The number of ether oxygens (including phenoxy) is 2. The van der Waals surface area contributed by atoms with Crippen LogP contribution in [-0.4, -0.2) is 58.9 Å². The van der Waals surface area contributed by atoms with E-state index in [9.17, 15) is 9.90 Å². The molecule has 6 nitrogen and oxygen atoms in total. The molecule has 6 heteroatoms. The summed E-state index contributed by atoms with van der Waals surface area (Å²) in [5, 5.41) is 9.47. The van der Waals surface area contributed by atoms with E-state index in [0.717, 1.165) is 18.4 Å². The van der Waals surface area contributed by atoms with Crippen molar-refractivity contribution in [2.45, 2.75) is 50.5 Å². The smallest absolute Gasteiger partial charge is 0.226 e. The number of carbonyl (C=O) groups excluding carboxylic acids is 1. The highest BCUT2D eigenvalue weighted by Gasteiger charge is 2.45. The topological polar surface area (TPSA) is 71.9 Å². The fourth-order valence-corrected chi connectivity index (χ4v) is 4.31. The molecule has 1 aromatic rings. The van der Waals surface area contributed by atoms with Gasteiger partial charge in [-0.3, -0.25) is 9.78 Å². The Morgan fingerprint density at radius 3 is 2.84 bits per heavy atom. The number of hydrogen-bond acceptors (Lipinski definition) is 5. The minimum atomic E-state index is -0.288. The molecule has 4 rings (SSSR count). The van der Waals surface area contributed by atoms with Gasteiger partial charge in [0.2, 0.25) is 5.91 Å². The van der Waals surface area contributed by atoms with Gasteiger partial charge in [-0.05, 0) is 49.3 Å². The second-order valence-corrected chi connectivity index (χ2v) is 7.54. The van der Waals surface area contributed by atoms with Gasteiger partial charge in [-0.1, -0.05) is 0 Å². The van der Waals surface area contributed by atoms with E-state index in [1.54, 1.807) is 12.4 Å². The molecule has 1 saturated heterocycles. The molecule has 136 valence electrons. The average molecular weight is 346 g/mol. The fourth-order valence-electron chi connectivity index (χ4n) is 4.31. The maximum absolute atomic E-state index is 12.7. The first-order valence-corrected chi connectivity index (χ1v) is 9.27. The Balaban J connectivity index is 1.29. The highest BCUT2D eigenvalue weighted by atomic mass is 16.5. The first kappa shape index (κ1) is 16.9. The first-order chi connectivity index (χ1) is 12.2. The lowest BCUT2D eigenvalue weighted by molar-refractivity contribution is -0.154. The van der Waals surface area contributed by atoms with Gasteiger partial charge in [0, 0.05) is 24.9 Å². The molecule has 3 aliphatic rings. The number of aliphatic hydroxyl groups excluding tert-OH is 1. The third kappa shape index (κ3) is 3.71. The molecular weight excluding hydrogens is 320 g/mol. The molecule has 0 spiro atoms. The summed E-state index contributed by atoms with van der Waals surface area (Å²) in [7, 11) is 0. The quantitative estimate of drug-likeness (QED) is 0.872. The molecule has 3 atom stereocenters. The van der Waals surface area contributed by atoms with Crippen LogP contribution < -0.4 is 0 Å². The third-order valence-corrected chi connectivity index (χ3v) is 5.75. The third-order valence-electron chi connectivity index (χ3n) is 5.75. The zero-order chi connectivity index (χ0) is 17.2. The summed E-state index contributed by atoms with van der Waals surface area (Å²) < 4.78 is 11.8. The van der Waals surface area contributed by atoms with E-state index in [1.807, 2.05) is 17.0 Å². The molecule has 1 amide bonds. The van der Waals surface area contributed by atoms with Crippen LogP contribution in [0, 0.1) is 11.8 Å². The monoisotopic (exact) mass is 346 g/mol. The normalized spacial score (nSPS) is 34.4. The highest BCUT2D eigenvalue weighted by Crippen LogP contribution is 2.37. The van der Waals surface area contributed by atoms with Crippen molar-refractivity contribution >= 4 is 5.91 Å². The highest BCUT2D eigenvalue weighted by molar-refractivity contribution is 5.80. The Morgan fingerprint density at radius 1 is 1.28 bits per heavy atom. The van der Waals surface area contributed by atoms with Gasteiger partial charge in [0.1, 0.15) is 0 Å². The van der Waals surface area contributed by atoms with Crippen molar-refractivity contribution in [3.8, 4) is 0 Å². The van der Waals surface area contributed by atoms with Crippen LogP contribution in [0.2, 0.25) is 0 Å². The molecule has 0 aromatic carbocycles. The largest absolute Gasteiger partial charge is 0.393 e. The van der Waals surface area contributed by atoms with Crippen LogP contribution in [0.1, 0.15) is 31.2 Å². The predicted molar refractivity (Wildman–Crippen MR) is 90.6 cm³/mol. The maximum Gasteiger partial charge on any atom is 0.226 e. The second-order valence-electron chi connectivity index (χ2n) is 7.54. The van der Waals surface area contributed by atoms with Crippen molar-refractivity contribution in [1.82, 2.24) is 9.88 Å². The lowest BCUT2D eigenvalue weighted by atomic mass is 9.81. The number of carbonyl (C=O) groups is 1. The van der Waals surface area contributed by atoms with E-state index in [1.165, 1.54) is 0 Å². The van der Waals surface area contributed by atoms with Crippen molar-refractivity contribution in [3.63, 3.8) is 0 Å². The zero-order valence-electron chi connectivity index (χ0n) is 14.4. The molecule has 0 bridgehead atoms. The second kappa shape index (κ2) is 7.40. The Hall–Kier alpha value is -1.50. The van der Waals surface area contributed by atoms with Gasteiger partial charge in [0.15, 0.2) is 0 Å². The molecule has 3 fully saturated rings. The van der Waals surface area contributed by atoms with Gasteiger partial charge >= 0.3 is 0 Å². The van der Waals surface area contributed by atoms with Gasteiger partial charge in [0.05, 0.1) is 38.1 Å². The fraction of sp³-hybridized carbons (Fsp3) is 0.684. The molecule has 0 radical (unpaired) electrons. The molecule has 2 saturated carbocycles. The van der Waals surface area contributed by atoms with Crippen LogP contribution in [0.4, 0.5) is 0 Å². The van der Waals surface area contributed by atoms with E-state index in [2.05, 4.69) is 4.98 Å². The molecule has 1 aliphatic heterocycles. The van der Waals surface area contributed by atoms with E-state index in [4.69, 9.17) is 9.47 Å². The van der Waals surface area contributed by atoms with Gasteiger partial charge < -0.3 is 19.5 Å². The minimum absolute atomic E-state index is 0.00994. The number of fused-ring (bicyclic) bond motifs is 1. The van der Waals surface area contributed by atoms with E-state index in [0.29, 0.717) is 45.1 Å². The Morgan fingerprint density at radius 2 is 2.08 bits per heavy atom. The molecule has 2 heterocycles. The number of aromatic nitrogens is 1. The molecular formula is C19H26N2O4. The maximum atomic E-state index is 12.7. The van der Waals surface area contributed by atoms with Crippen molar-refractivity contribution in [3.05, 3.63) is 30.1 Å². The lowest BCUT2D eigenvalue weighted by Crippen LogP contribution is -2.55. The zero-order valence-corrected chi connectivity index (χ0v) is 14.4. The SMILES string of the molecule is O=C(C1CC(O)C1)N1CCOC2CC(COCc3ccncc3)CC21. The average Bonchev–Trinajstić information content (AvgIpc) is 3.02. The van der Waals surface area contributed by atoms with Gasteiger partial charge in [-0.2, -0.15) is 0 Å². The summed E-state index contributed by atoms with van der Waals surface area (Å²) >= 11 is 0. The molecule has 1 aromatic heterocycles. The summed E-state index contributed by atoms with van der Waals surface area (Å²) in [6.07, 6.45) is 6.54. The van der Waals surface area contributed by atoms with Crippen LogP contribution in [0.25, 0.3) is 0 Å². The number of morpholine rings is 1. The van der Waals surface area contributed by atoms with Crippen molar-refractivity contribution in [2.24, 2.45) is 11.8 Å². The van der Waals surface area contributed by atoms with Crippen LogP contribution >= 0.6 is 0 Å². The van der Waals surface area contributed by atoms with Crippen molar-refractivity contribution in [1.29, 1.82) is 0 Å². The van der Waals surface area contributed by atoms with E-state index < -0.39 is 0 Å².